The summed E-state index contributed by atoms with van der Waals surface area (Å²) in [4.78, 5) is 14.2. The number of carbonyl (C=O) groups excluding carboxylic acids is 1. The Bertz CT molecular complexity index is 393. The van der Waals surface area contributed by atoms with Crippen molar-refractivity contribution in [3.63, 3.8) is 0 Å². The van der Waals surface area contributed by atoms with Crippen molar-refractivity contribution in [2.45, 2.75) is 32.0 Å². The number of amides is 1. The van der Waals surface area contributed by atoms with E-state index in [9.17, 15) is 4.79 Å². The van der Waals surface area contributed by atoms with E-state index in [1.165, 1.54) is 5.56 Å². The molecule has 98 valence electrons. The zero-order chi connectivity index (χ0) is 13.0. The highest BCUT2D eigenvalue weighted by molar-refractivity contribution is 5.82. The van der Waals surface area contributed by atoms with Gasteiger partial charge in [0.1, 0.15) is 0 Å². The molecule has 2 rings (SSSR count). The van der Waals surface area contributed by atoms with Crippen molar-refractivity contribution < 1.29 is 4.79 Å². The Hall–Kier alpha value is -1.39. The molecular weight excluding hydrogens is 226 g/mol. The summed E-state index contributed by atoms with van der Waals surface area (Å²) in [6.45, 7) is 4.19. The third-order valence-corrected chi connectivity index (χ3v) is 3.32. The van der Waals surface area contributed by atoms with Gasteiger partial charge < -0.3 is 11.1 Å². The van der Waals surface area contributed by atoms with Gasteiger partial charge in [-0.05, 0) is 18.9 Å². The van der Waals surface area contributed by atoms with Gasteiger partial charge in [-0.2, -0.15) is 0 Å². The summed E-state index contributed by atoms with van der Waals surface area (Å²) in [6.07, 6.45) is 0.749. The second-order valence-electron chi connectivity index (χ2n) is 4.82. The second kappa shape index (κ2) is 5.98. The summed E-state index contributed by atoms with van der Waals surface area (Å²) in [7, 11) is 0. The Labute approximate surface area is 108 Å². The minimum absolute atomic E-state index is 0.0832. The van der Waals surface area contributed by atoms with Crippen molar-refractivity contribution >= 4 is 5.91 Å². The van der Waals surface area contributed by atoms with Crippen LogP contribution in [0.25, 0.3) is 0 Å². The number of benzene rings is 1. The maximum absolute atomic E-state index is 12.0. The van der Waals surface area contributed by atoms with Crippen LogP contribution in [0.2, 0.25) is 0 Å². The van der Waals surface area contributed by atoms with Gasteiger partial charge in [0.05, 0.1) is 6.04 Å². The van der Waals surface area contributed by atoms with Crippen molar-refractivity contribution in [1.82, 2.24) is 10.2 Å². The molecule has 0 bridgehead atoms. The molecule has 0 aliphatic carbocycles. The monoisotopic (exact) mass is 247 g/mol. The number of nitrogens with two attached hydrogens (primary N) is 1. The number of nitrogens with one attached hydrogen (secondary N) is 1. The molecule has 0 spiro atoms. The smallest absolute Gasteiger partial charge is 0.237 e. The molecule has 1 amide bonds. The van der Waals surface area contributed by atoms with Gasteiger partial charge in [-0.25, -0.2) is 0 Å². The lowest BCUT2D eigenvalue weighted by Gasteiger charge is -2.23. The van der Waals surface area contributed by atoms with E-state index in [-0.39, 0.29) is 18.0 Å². The van der Waals surface area contributed by atoms with Crippen LogP contribution in [-0.4, -0.2) is 36.0 Å². The van der Waals surface area contributed by atoms with E-state index in [0.717, 1.165) is 19.5 Å². The lowest BCUT2D eigenvalue weighted by Crippen LogP contribution is -2.42. The summed E-state index contributed by atoms with van der Waals surface area (Å²) in [6, 6.07) is 10.2. The highest BCUT2D eigenvalue weighted by atomic mass is 16.2. The zero-order valence-corrected chi connectivity index (χ0v) is 10.8. The number of hydrogen-bond acceptors (Lipinski definition) is 3. The van der Waals surface area contributed by atoms with E-state index in [1.54, 1.807) is 0 Å². The van der Waals surface area contributed by atoms with Crippen LogP contribution >= 0.6 is 0 Å². The molecule has 1 saturated heterocycles. The van der Waals surface area contributed by atoms with Crippen LogP contribution in [0.4, 0.5) is 0 Å². The van der Waals surface area contributed by atoms with Gasteiger partial charge in [-0.3, -0.25) is 9.69 Å². The number of likely N-dealkylation sites (tertiary alicyclic amines) is 1. The maximum atomic E-state index is 12.0. The van der Waals surface area contributed by atoms with E-state index in [0.29, 0.717) is 6.54 Å². The molecule has 1 heterocycles. The molecule has 0 radical (unpaired) electrons. The molecule has 1 aromatic carbocycles. The molecule has 0 saturated carbocycles. The normalized spacial score (nSPS) is 24.1. The molecule has 1 aliphatic rings. The molecule has 2 atom stereocenters. The van der Waals surface area contributed by atoms with Crippen molar-refractivity contribution in [2.75, 3.05) is 13.1 Å². The second-order valence-corrected chi connectivity index (χ2v) is 4.82. The van der Waals surface area contributed by atoms with E-state index in [2.05, 4.69) is 22.3 Å². The lowest BCUT2D eigenvalue weighted by molar-refractivity contribution is -0.125. The number of rotatable bonds is 4. The van der Waals surface area contributed by atoms with Crippen LogP contribution < -0.4 is 11.1 Å². The highest BCUT2D eigenvalue weighted by Gasteiger charge is 2.34. The molecular formula is C14H21N3O. The van der Waals surface area contributed by atoms with E-state index in [4.69, 9.17) is 5.73 Å². The van der Waals surface area contributed by atoms with Gasteiger partial charge in [0, 0.05) is 25.7 Å². The molecule has 0 unspecified atom stereocenters. The quantitative estimate of drug-likeness (QED) is 0.824. The lowest BCUT2D eigenvalue weighted by atomic mass is 10.1. The fraction of sp³-hybridized carbons (Fsp3) is 0.500. The summed E-state index contributed by atoms with van der Waals surface area (Å²) in [5, 5.41) is 2.89. The number of hydrogen-bond donors (Lipinski definition) is 2. The summed E-state index contributed by atoms with van der Waals surface area (Å²) >= 11 is 0. The van der Waals surface area contributed by atoms with Crippen molar-refractivity contribution in [3.05, 3.63) is 35.9 Å². The number of nitrogens with zero attached hydrogens (tertiary/aromatic N) is 1. The van der Waals surface area contributed by atoms with Crippen molar-refractivity contribution in [1.29, 1.82) is 0 Å². The van der Waals surface area contributed by atoms with Crippen molar-refractivity contribution in [2.24, 2.45) is 5.73 Å². The predicted molar refractivity (Wildman–Crippen MR) is 71.9 cm³/mol. The Balaban J connectivity index is 2.03. The van der Waals surface area contributed by atoms with Crippen LogP contribution in [0.5, 0.6) is 0 Å². The van der Waals surface area contributed by atoms with E-state index in [1.807, 2.05) is 25.1 Å². The van der Waals surface area contributed by atoms with Crippen LogP contribution in [0.15, 0.2) is 30.3 Å². The molecule has 4 heteroatoms. The molecule has 0 aromatic heterocycles. The van der Waals surface area contributed by atoms with Gasteiger partial charge in [-0.1, -0.05) is 30.3 Å². The molecule has 1 fully saturated rings. The largest absolute Gasteiger partial charge is 0.355 e. The fourth-order valence-electron chi connectivity index (χ4n) is 2.50. The van der Waals surface area contributed by atoms with Gasteiger partial charge in [0.15, 0.2) is 0 Å². The molecule has 1 aliphatic heterocycles. The maximum Gasteiger partial charge on any atom is 0.237 e. The minimum Gasteiger partial charge on any atom is -0.355 e. The first-order chi connectivity index (χ1) is 8.70. The van der Waals surface area contributed by atoms with Gasteiger partial charge in [0.25, 0.3) is 0 Å². The Morgan fingerprint density at radius 1 is 1.44 bits per heavy atom. The van der Waals surface area contributed by atoms with Gasteiger partial charge in [0.2, 0.25) is 5.91 Å². The first kappa shape index (κ1) is 13.1. The zero-order valence-electron chi connectivity index (χ0n) is 10.8. The van der Waals surface area contributed by atoms with E-state index < -0.39 is 0 Å². The predicted octanol–water partition coefficient (Wildman–Crippen LogP) is 0.724. The molecule has 4 nitrogen and oxygen atoms in total. The summed E-state index contributed by atoms with van der Waals surface area (Å²) < 4.78 is 0. The Morgan fingerprint density at radius 3 is 2.83 bits per heavy atom. The SMILES string of the molecule is CCNC(=O)[C@@H]1C[C@@H](N)CN1Cc1ccccc1. The van der Waals surface area contributed by atoms with Crippen LogP contribution in [0.1, 0.15) is 18.9 Å². The first-order valence-electron chi connectivity index (χ1n) is 6.52. The topological polar surface area (TPSA) is 58.4 Å². The Kier molecular flexibility index (Phi) is 4.33. The average molecular weight is 247 g/mol. The highest BCUT2D eigenvalue weighted by Crippen LogP contribution is 2.19. The Morgan fingerprint density at radius 2 is 2.17 bits per heavy atom. The third kappa shape index (κ3) is 3.09. The van der Waals surface area contributed by atoms with E-state index >= 15 is 0 Å². The summed E-state index contributed by atoms with van der Waals surface area (Å²) in [5.74, 6) is 0.0985. The number of carbonyl (C=O) groups is 1. The molecule has 1 aromatic rings. The van der Waals surface area contributed by atoms with Crippen LogP contribution in [-0.2, 0) is 11.3 Å². The number of likely N-dealkylation sites (N-methyl/N-ethyl adjacent to an activating group) is 1. The molecule has 3 N–H and O–H groups in total. The van der Waals surface area contributed by atoms with Crippen LogP contribution in [0.3, 0.4) is 0 Å². The average Bonchev–Trinajstić information content (AvgIpc) is 2.72. The third-order valence-electron chi connectivity index (χ3n) is 3.32. The molecule has 18 heavy (non-hydrogen) atoms. The minimum atomic E-state index is -0.0832. The first-order valence-corrected chi connectivity index (χ1v) is 6.52. The van der Waals surface area contributed by atoms with Gasteiger partial charge in [-0.15, -0.1) is 0 Å². The summed E-state index contributed by atoms with van der Waals surface area (Å²) in [5.41, 5.74) is 7.20. The van der Waals surface area contributed by atoms with Crippen molar-refractivity contribution in [3.8, 4) is 0 Å². The van der Waals surface area contributed by atoms with Gasteiger partial charge >= 0.3 is 0 Å². The standard InChI is InChI=1S/C14H21N3O/c1-2-16-14(18)13-8-12(15)10-17(13)9-11-6-4-3-5-7-11/h3-7,12-13H,2,8-10,15H2,1H3,(H,16,18)/t12-,13+/m1/s1. The van der Waals surface area contributed by atoms with Crippen LogP contribution in [0, 0.1) is 0 Å². The fourth-order valence-corrected chi connectivity index (χ4v) is 2.50.